The van der Waals surface area contributed by atoms with Crippen LogP contribution in [0.5, 0.6) is 17.2 Å². The summed E-state index contributed by atoms with van der Waals surface area (Å²) in [7, 11) is 0. The van der Waals surface area contributed by atoms with Gasteiger partial charge in [-0.3, -0.25) is 0 Å². The maximum Gasteiger partial charge on any atom is 0.150 e. The summed E-state index contributed by atoms with van der Waals surface area (Å²) in [6.45, 7) is -0.0601. The van der Waals surface area contributed by atoms with Crippen molar-refractivity contribution in [1.82, 2.24) is 0 Å². The molecule has 0 aromatic heterocycles. The molecule has 130 valence electrons. The number of rotatable bonds is 5. The molecule has 0 atom stereocenters. The lowest BCUT2D eigenvalue weighted by molar-refractivity contribution is 0.298. The number of anilines is 1. The van der Waals surface area contributed by atoms with Crippen LogP contribution in [0.3, 0.4) is 0 Å². The molecule has 2 N–H and O–H groups in total. The first-order valence-corrected chi connectivity index (χ1v) is 7.31. The van der Waals surface area contributed by atoms with Crippen LogP contribution in [-0.2, 0) is 6.61 Å². The third-order valence-electron chi connectivity index (χ3n) is 3.37. The van der Waals surface area contributed by atoms with Gasteiger partial charge < -0.3 is 15.2 Å². The standard InChI is InChI=1S/C19H15F2NO2.ClH/c20-14-5-10-17(21)13(11-14)12-23-15-6-8-16(9-7-15)24-19-4-2-1-3-18(19)22;/h1-11H,12,22H2;1H. The van der Waals surface area contributed by atoms with Gasteiger partial charge in [0.05, 0.1) is 5.69 Å². The summed E-state index contributed by atoms with van der Waals surface area (Å²) in [6, 6.07) is 17.2. The zero-order valence-corrected chi connectivity index (χ0v) is 13.9. The van der Waals surface area contributed by atoms with Gasteiger partial charge in [-0.15, -0.1) is 12.4 Å². The van der Waals surface area contributed by atoms with Crippen LogP contribution in [0.25, 0.3) is 0 Å². The highest BCUT2D eigenvalue weighted by atomic mass is 35.5. The third-order valence-corrected chi connectivity index (χ3v) is 3.37. The Hall–Kier alpha value is -2.79. The van der Waals surface area contributed by atoms with E-state index in [1.54, 1.807) is 36.4 Å². The quantitative estimate of drug-likeness (QED) is 0.622. The molecule has 3 aromatic carbocycles. The summed E-state index contributed by atoms with van der Waals surface area (Å²) in [6.07, 6.45) is 0. The Kier molecular flexibility index (Phi) is 6.19. The number of para-hydroxylation sites is 2. The summed E-state index contributed by atoms with van der Waals surface area (Å²) in [4.78, 5) is 0. The number of benzene rings is 3. The van der Waals surface area contributed by atoms with Crippen molar-refractivity contribution >= 4 is 18.1 Å². The van der Waals surface area contributed by atoms with Gasteiger partial charge in [0, 0.05) is 5.56 Å². The third kappa shape index (κ3) is 4.84. The zero-order valence-electron chi connectivity index (χ0n) is 13.1. The van der Waals surface area contributed by atoms with E-state index in [1.807, 2.05) is 12.1 Å². The Morgan fingerprint density at radius 2 is 1.52 bits per heavy atom. The van der Waals surface area contributed by atoms with Crippen LogP contribution in [0.1, 0.15) is 5.56 Å². The Labute approximate surface area is 150 Å². The van der Waals surface area contributed by atoms with Gasteiger partial charge in [-0.1, -0.05) is 12.1 Å². The SMILES string of the molecule is Cl.Nc1ccccc1Oc1ccc(OCc2cc(F)ccc2F)cc1. The van der Waals surface area contributed by atoms with E-state index in [2.05, 4.69) is 0 Å². The Balaban J connectivity index is 0.00000225. The maximum atomic E-state index is 13.5. The van der Waals surface area contributed by atoms with Crippen molar-refractivity contribution in [2.24, 2.45) is 0 Å². The Morgan fingerprint density at radius 1 is 0.840 bits per heavy atom. The zero-order chi connectivity index (χ0) is 16.9. The molecular weight excluding hydrogens is 348 g/mol. The minimum absolute atomic E-state index is 0. The lowest BCUT2D eigenvalue weighted by Gasteiger charge is -2.10. The van der Waals surface area contributed by atoms with Crippen LogP contribution >= 0.6 is 12.4 Å². The molecular formula is C19H16ClF2NO2. The van der Waals surface area contributed by atoms with E-state index in [1.165, 1.54) is 0 Å². The summed E-state index contributed by atoms with van der Waals surface area (Å²) in [5, 5.41) is 0. The number of nitrogens with two attached hydrogens (primary N) is 1. The highest BCUT2D eigenvalue weighted by molar-refractivity contribution is 5.85. The largest absolute Gasteiger partial charge is 0.489 e. The molecule has 0 aliphatic rings. The van der Waals surface area contributed by atoms with Crippen molar-refractivity contribution in [2.45, 2.75) is 6.61 Å². The minimum Gasteiger partial charge on any atom is -0.489 e. The molecule has 6 heteroatoms. The second kappa shape index (κ2) is 8.35. The van der Waals surface area contributed by atoms with E-state index in [0.29, 0.717) is 22.9 Å². The van der Waals surface area contributed by atoms with Crippen molar-refractivity contribution in [3.63, 3.8) is 0 Å². The summed E-state index contributed by atoms with van der Waals surface area (Å²) >= 11 is 0. The van der Waals surface area contributed by atoms with Crippen molar-refractivity contribution in [1.29, 1.82) is 0 Å². The van der Waals surface area contributed by atoms with Gasteiger partial charge in [0.2, 0.25) is 0 Å². The van der Waals surface area contributed by atoms with E-state index >= 15 is 0 Å². The smallest absolute Gasteiger partial charge is 0.150 e. The molecule has 0 saturated carbocycles. The fourth-order valence-electron chi connectivity index (χ4n) is 2.12. The molecule has 0 spiro atoms. The van der Waals surface area contributed by atoms with Crippen molar-refractivity contribution in [3.05, 3.63) is 83.9 Å². The van der Waals surface area contributed by atoms with Crippen molar-refractivity contribution < 1.29 is 18.3 Å². The molecule has 0 heterocycles. The fourth-order valence-corrected chi connectivity index (χ4v) is 2.12. The van der Waals surface area contributed by atoms with Crippen LogP contribution in [0.4, 0.5) is 14.5 Å². The molecule has 25 heavy (non-hydrogen) atoms. The highest BCUT2D eigenvalue weighted by Gasteiger charge is 2.06. The Bertz CT molecular complexity index is 841. The van der Waals surface area contributed by atoms with Crippen LogP contribution in [-0.4, -0.2) is 0 Å². The molecule has 0 fully saturated rings. The van der Waals surface area contributed by atoms with Crippen LogP contribution < -0.4 is 15.2 Å². The van der Waals surface area contributed by atoms with Crippen molar-refractivity contribution in [2.75, 3.05) is 5.73 Å². The monoisotopic (exact) mass is 363 g/mol. The topological polar surface area (TPSA) is 44.5 Å². The van der Waals surface area contributed by atoms with E-state index in [9.17, 15) is 8.78 Å². The lowest BCUT2D eigenvalue weighted by Crippen LogP contribution is -1.99. The average molecular weight is 364 g/mol. The average Bonchev–Trinajstić information content (AvgIpc) is 2.59. The van der Waals surface area contributed by atoms with E-state index in [0.717, 1.165) is 18.2 Å². The summed E-state index contributed by atoms with van der Waals surface area (Å²) < 4.78 is 37.8. The molecule has 0 amide bonds. The number of halogens is 3. The second-order valence-electron chi connectivity index (χ2n) is 5.14. The van der Waals surface area contributed by atoms with Gasteiger partial charge >= 0.3 is 0 Å². The predicted octanol–water partition coefficient (Wildman–Crippen LogP) is 5.34. The molecule has 0 radical (unpaired) electrons. The minimum atomic E-state index is -0.504. The van der Waals surface area contributed by atoms with Crippen molar-refractivity contribution in [3.8, 4) is 17.2 Å². The maximum absolute atomic E-state index is 13.5. The molecule has 0 bridgehead atoms. The fraction of sp³-hybridized carbons (Fsp3) is 0.0526. The summed E-state index contributed by atoms with van der Waals surface area (Å²) in [5.41, 5.74) is 6.52. The number of ether oxygens (including phenoxy) is 2. The summed E-state index contributed by atoms with van der Waals surface area (Å²) in [5.74, 6) is 0.673. The molecule has 0 aliphatic carbocycles. The number of hydrogen-bond acceptors (Lipinski definition) is 3. The Morgan fingerprint density at radius 3 is 2.24 bits per heavy atom. The van der Waals surface area contributed by atoms with Gasteiger partial charge in [0.1, 0.15) is 35.5 Å². The first-order chi connectivity index (χ1) is 11.6. The lowest BCUT2D eigenvalue weighted by atomic mass is 10.2. The molecule has 3 nitrogen and oxygen atoms in total. The molecule has 3 rings (SSSR count). The van der Waals surface area contributed by atoms with Crippen LogP contribution in [0, 0.1) is 11.6 Å². The molecule has 0 aliphatic heterocycles. The van der Waals surface area contributed by atoms with E-state index < -0.39 is 11.6 Å². The van der Waals surface area contributed by atoms with Gasteiger partial charge in [-0.25, -0.2) is 8.78 Å². The normalized spacial score (nSPS) is 10.0. The van der Waals surface area contributed by atoms with Gasteiger partial charge in [-0.05, 0) is 54.6 Å². The highest BCUT2D eigenvalue weighted by Crippen LogP contribution is 2.28. The first kappa shape index (κ1) is 18.5. The second-order valence-corrected chi connectivity index (χ2v) is 5.14. The van der Waals surface area contributed by atoms with Gasteiger partial charge in [0.15, 0.2) is 0 Å². The number of nitrogen functional groups attached to an aromatic ring is 1. The van der Waals surface area contributed by atoms with Gasteiger partial charge in [-0.2, -0.15) is 0 Å². The van der Waals surface area contributed by atoms with Gasteiger partial charge in [0.25, 0.3) is 0 Å². The molecule has 0 saturated heterocycles. The molecule has 3 aromatic rings. The van der Waals surface area contributed by atoms with E-state index in [-0.39, 0.29) is 24.6 Å². The van der Waals surface area contributed by atoms with Crippen LogP contribution in [0.15, 0.2) is 66.7 Å². The van der Waals surface area contributed by atoms with E-state index in [4.69, 9.17) is 15.2 Å². The first-order valence-electron chi connectivity index (χ1n) is 7.31. The molecule has 0 unspecified atom stereocenters. The van der Waals surface area contributed by atoms with Crippen LogP contribution in [0.2, 0.25) is 0 Å². The predicted molar refractivity (Wildman–Crippen MR) is 95.3 cm³/mol. The number of hydrogen-bond donors (Lipinski definition) is 1.